The SMILES string of the molecule is COC(=O)C1C=C(B2OC(C)(C)C(C)(C)O2)CC(C(=O)OC)C1(C)C. The van der Waals surface area contributed by atoms with E-state index in [9.17, 15) is 9.59 Å². The lowest BCUT2D eigenvalue weighted by molar-refractivity contribution is -0.157. The molecule has 2 aliphatic rings. The maximum Gasteiger partial charge on any atom is 0.490 e. The van der Waals surface area contributed by atoms with E-state index in [0.29, 0.717) is 6.42 Å². The summed E-state index contributed by atoms with van der Waals surface area (Å²) >= 11 is 0. The fourth-order valence-corrected chi connectivity index (χ4v) is 3.41. The highest BCUT2D eigenvalue weighted by Crippen LogP contribution is 2.48. The summed E-state index contributed by atoms with van der Waals surface area (Å²) in [5.41, 5.74) is -0.836. The van der Waals surface area contributed by atoms with Gasteiger partial charge in [-0.25, -0.2) is 0 Å². The van der Waals surface area contributed by atoms with Gasteiger partial charge < -0.3 is 18.8 Å². The minimum atomic E-state index is -0.632. The number of esters is 2. The topological polar surface area (TPSA) is 71.1 Å². The molecule has 2 rings (SSSR count). The van der Waals surface area contributed by atoms with Crippen molar-refractivity contribution in [2.75, 3.05) is 14.2 Å². The molecule has 1 fully saturated rings. The van der Waals surface area contributed by atoms with Crippen LogP contribution in [0.25, 0.3) is 0 Å². The number of hydrogen-bond donors (Lipinski definition) is 0. The van der Waals surface area contributed by atoms with Crippen molar-refractivity contribution in [2.45, 2.75) is 59.2 Å². The van der Waals surface area contributed by atoms with Crippen LogP contribution in [0.4, 0.5) is 0 Å². The Balaban J connectivity index is 2.42. The van der Waals surface area contributed by atoms with Crippen LogP contribution in [0, 0.1) is 17.3 Å². The molecule has 0 bridgehead atoms. The van der Waals surface area contributed by atoms with Crippen molar-refractivity contribution in [1.82, 2.24) is 0 Å². The van der Waals surface area contributed by atoms with E-state index in [-0.39, 0.29) is 11.9 Å². The van der Waals surface area contributed by atoms with Gasteiger partial charge >= 0.3 is 19.1 Å². The van der Waals surface area contributed by atoms with Crippen molar-refractivity contribution in [3.63, 3.8) is 0 Å². The second-order valence-corrected chi connectivity index (χ2v) is 8.43. The average Bonchev–Trinajstić information content (AvgIpc) is 2.73. The molecular weight excluding hydrogens is 323 g/mol. The monoisotopic (exact) mass is 352 g/mol. The number of ether oxygens (including phenoxy) is 2. The summed E-state index contributed by atoms with van der Waals surface area (Å²) in [7, 11) is 2.11. The highest BCUT2D eigenvalue weighted by molar-refractivity contribution is 6.54. The maximum atomic E-state index is 12.4. The Morgan fingerprint density at radius 2 is 1.48 bits per heavy atom. The average molecular weight is 352 g/mol. The third-order valence-corrected chi connectivity index (χ3v) is 6.02. The van der Waals surface area contributed by atoms with Crippen LogP contribution in [0.3, 0.4) is 0 Å². The highest BCUT2D eigenvalue weighted by Gasteiger charge is 2.56. The molecule has 2 unspecified atom stereocenters. The first kappa shape index (κ1) is 20.0. The lowest BCUT2D eigenvalue weighted by atomic mass is 9.57. The lowest BCUT2D eigenvalue weighted by Gasteiger charge is -2.41. The van der Waals surface area contributed by atoms with Gasteiger partial charge in [0.25, 0.3) is 0 Å². The van der Waals surface area contributed by atoms with E-state index >= 15 is 0 Å². The second-order valence-electron chi connectivity index (χ2n) is 8.43. The van der Waals surface area contributed by atoms with Gasteiger partial charge in [0.1, 0.15) is 0 Å². The van der Waals surface area contributed by atoms with Crippen LogP contribution in [0.1, 0.15) is 48.0 Å². The molecule has 7 heteroatoms. The van der Waals surface area contributed by atoms with E-state index in [2.05, 4.69) is 0 Å². The van der Waals surface area contributed by atoms with Gasteiger partial charge in [0.2, 0.25) is 0 Å². The zero-order valence-corrected chi connectivity index (χ0v) is 16.5. The van der Waals surface area contributed by atoms with Crippen LogP contribution in [0.2, 0.25) is 0 Å². The van der Waals surface area contributed by atoms with Crippen LogP contribution in [-0.2, 0) is 28.4 Å². The molecule has 6 nitrogen and oxygen atoms in total. The maximum absolute atomic E-state index is 12.4. The van der Waals surface area contributed by atoms with Crippen molar-refractivity contribution in [3.05, 3.63) is 11.5 Å². The van der Waals surface area contributed by atoms with E-state index in [1.165, 1.54) is 14.2 Å². The molecule has 1 aliphatic heterocycles. The zero-order valence-electron chi connectivity index (χ0n) is 16.5. The minimum Gasteiger partial charge on any atom is -0.469 e. The van der Waals surface area contributed by atoms with Gasteiger partial charge in [0, 0.05) is 0 Å². The Kier molecular flexibility index (Phi) is 5.14. The van der Waals surface area contributed by atoms with Crippen molar-refractivity contribution in [1.29, 1.82) is 0 Å². The molecule has 0 aromatic carbocycles. The predicted molar refractivity (Wildman–Crippen MR) is 93.6 cm³/mol. The molecule has 0 aromatic rings. The van der Waals surface area contributed by atoms with Crippen molar-refractivity contribution in [3.8, 4) is 0 Å². The van der Waals surface area contributed by atoms with E-state index < -0.39 is 35.6 Å². The first-order valence-electron chi connectivity index (χ1n) is 8.59. The molecule has 1 heterocycles. The molecule has 2 atom stereocenters. The first-order chi connectivity index (χ1) is 11.4. The second kappa shape index (κ2) is 6.43. The summed E-state index contributed by atoms with van der Waals surface area (Å²) in [6.45, 7) is 11.6. The molecule has 0 spiro atoms. The summed E-state index contributed by atoms with van der Waals surface area (Å²) in [4.78, 5) is 24.7. The fraction of sp³-hybridized carbons (Fsp3) is 0.778. The highest BCUT2D eigenvalue weighted by atomic mass is 16.7. The van der Waals surface area contributed by atoms with Crippen LogP contribution in [0.5, 0.6) is 0 Å². The molecule has 25 heavy (non-hydrogen) atoms. The number of allylic oxidation sites excluding steroid dienone is 1. The van der Waals surface area contributed by atoms with Crippen LogP contribution in [0.15, 0.2) is 11.5 Å². The molecule has 0 N–H and O–H groups in total. The summed E-state index contributed by atoms with van der Waals surface area (Å²) in [6, 6.07) is 0. The summed E-state index contributed by atoms with van der Waals surface area (Å²) in [5, 5.41) is 0. The Hall–Kier alpha value is -1.34. The van der Waals surface area contributed by atoms with Gasteiger partial charge in [0.05, 0.1) is 37.3 Å². The van der Waals surface area contributed by atoms with E-state index in [1.807, 2.05) is 47.6 Å². The summed E-state index contributed by atoms with van der Waals surface area (Å²) < 4.78 is 22.1. The predicted octanol–water partition coefficient (Wildman–Crippen LogP) is 2.55. The molecule has 1 saturated heterocycles. The third-order valence-electron chi connectivity index (χ3n) is 6.02. The lowest BCUT2D eigenvalue weighted by Crippen LogP contribution is -2.45. The van der Waals surface area contributed by atoms with E-state index in [4.69, 9.17) is 18.8 Å². The zero-order chi connectivity index (χ0) is 19.2. The fourth-order valence-electron chi connectivity index (χ4n) is 3.41. The smallest absolute Gasteiger partial charge is 0.469 e. The third kappa shape index (κ3) is 3.36. The first-order valence-corrected chi connectivity index (χ1v) is 8.59. The van der Waals surface area contributed by atoms with Gasteiger partial charge in [-0.15, -0.1) is 0 Å². The van der Waals surface area contributed by atoms with Crippen LogP contribution < -0.4 is 0 Å². The Bertz CT molecular complexity index is 576. The molecule has 140 valence electrons. The molecule has 0 amide bonds. The Labute approximate surface area is 150 Å². The van der Waals surface area contributed by atoms with E-state index in [0.717, 1.165) is 5.47 Å². The summed E-state index contributed by atoms with van der Waals surface area (Å²) in [5.74, 6) is -1.79. The summed E-state index contributed by atoms with van der Waals surface area (Å²) in [6.07, 6.45) is 2.26. The Morgan fingerprint density at radius 1 is 1.00 bits per heavy atom. The number of carbonyl (C=O) groups excluding carboxylic acids is 2. The minimum absolute atomic E-state index is 0.346. The van der Waals surface area contributed by atoms with Crippen molar-refractivity contribution >= 4 is 19.1 Å². The molecule has 0 aromatic heterocycles. The van der Waals surface area contributed by atoms with Gasteiger partial charge in [0.15, 0.2) is 0 Å². The standard InChI is InChI=1S/C18H29BO6/c1-16(2)12(14(20)22-7)9-11(10-13(16)15(21)23-8)19-24-17(3,4)18(5,6)25-19/h9,12-13H,10H2,1-8H3. The van der Waals surface area contributed by atoms with Crippen LogP contribution >= 0.6 is 0 Å². The number of rotatable bonds is 3. The Morgan fingerprint density at radius 3 is 1.92 bits per heavy atom. The molecular formula is C18H29BO6. The molecule has 0 radical (unpaired) electrons. The van der Waals surface area contributed by atoms with Gasteiger partial charge in [-0.1, -0.05) is 19.9 Å². The molecule has 0 saturated carbocycles. The van der Waals surface area contributed by atoms with Gasteiger partial charge in [-0.3, -0.25) is 9.59 Å². The normalized spacial score (nSPS) is 29.8. The number of methoxy groups -OCH3 is 2. The van der Waals surface area contributed by atoms with Gasteiger partial charge in [-0.2, -0.15) is 0 Å². The number of hydrogen-bond acceptors (Lipinski definition) is 6. The van der Waals surface area contributed by atoms with E-state index in [1.54, 1.807) is 0 Å². The van der Waals surface area contributed by atoms with Crippen LogP contribution in [-0.4, -0.2) is 44.5 Å². The van der Waals surface area contributed by atoms with Crippen molar-refractivity contribution < 1.29 is 28.4 Å². The largest absolute Gasteiger partial charge is 0.490 e. The molecule has 1 aliphatic carbocycles. The van der Waals surface area contributed by atoms with Gasteiger partial charge in [-0.05, 0) is 45.0 Å². The van der Waals surface area contributed by atoms with Crippen molar-refractivity contribution in [2.24, 2.45) is 17.3 Å². The number of carbonyl (C=O) groups is 2. The quantitative estimate of drug-likeness (QED) is 0.574.